The van der Waals surface area contributed by atoms with Crippen LogP contribution in [0.25, 0.3) is 0 Å². The average Bonchev–Trinajstić information content (AvgIpc) is 3.35. The van der Waals surface area contributed by atoms with Crippen molar-refractivity contribution in [3.8, 4) is 34.5 Å². The van der Waals surface area contributed by atoms with Gasteiger partial charge >= 0.3 is 35.8 Å². The maximum Gasteiger partial charge on any atom is 0.343 e. The second kappa shape index (κ2) is 27.3. The first-order valence-corrected chi connectivity index (χ1v) is 22.3. The van der Waals surface area contributed by atoms with Crippen molar-refractivity contribution in [3.05, 3.63) is 167 Å². The Morgan fingerprint density at radius 2 is 0.735 bits per heavy atom. The van der Waals surface area contributed by atoms with Gasteiger partial charge in [0.2, 0.25) is 0 Å². The fourth-order valence-electron chi connectivity index (χ4n) is 5.98. The van der Waals surface area contributed by atoms with Gasteiger partial charge in [-0.1, -0.05) is 36.4 Å². The molecule has 5 aromatic carbocycles. The highest BCUT2D eigenvalue weighted by molar-refractivity contribution is 6.43. The van der Waals surface area contributed by atoms with E-state index in [2.05, 4.69) is 13.2 Å². The minimum Gasteiger partial charge on any atom is -0.494 e. The maximum absolute atomic E-state index is 13.3. The van der Waals surface area contributed by atoms with Crippen LogP contribution >= 0.6 is 23.2 Å². The van der Waals surface area contributed by atoms with Crippen LogP contribution in [0.3, 0.4) is 0 Å². The Labute approximate surface area is 403 Å². The van der Waals surface area contributed by atoms with E-state index < -0.39 is 35.8 Å². The topological polar surface area (TPSA) is 176 Å². The summed E-state index contributed by atoms with van der Waals surface area (Å²) >= 11 is 12.6. The third-order valence-electron chi connectivity index (χ3n) is 9.63. The molecule has 68 heavy (non-hydrogen) atoms. The predicted molar refractivity (Wildman–Crippen MR) is 252 cm³/mol. The van der Waals surface area contributed by atoms with Crippen LogP contribution in [-0.2, 0) is 19.1 Å². The Morgan fingerprint density at radius 3 is 1.12 bits per heavy atom. The molecule has 0 bridgehead atoms. The SMILES string of the molecule is C=CC(=O)OCCCCCCOc1ccc(C(=O)Oc2ccc(C(=O)Oc3ccc(Cl)c(Cl)c3OC(=O)c3ccc(OC(=O)c4ccc(OCCCCCCOC(=O)C=C)cc4)cc3)cc2)cc1. The van der Waals surface area contributed by atoms with E-state index in [1.165, 1.54) is 60.7 Å². The first-order chi connectivity index (χ1) is 32.9. The van der Waals surface area contributed by atoms with Crippen LogP contribution < -0.4 is 28.4 Å². The fourth-order valence-corrected chi connectivity index (χ4v) is 6.33. The van der Waals surface area contributed by atoms with Crippen molar-refractivity contribution in [1.82, 2.24) is 0 Å². The normalized spacial score (nSPS) is 10.5. The van der Waals surface area contributed by atoms with Gasteiger partial charge in [-0.15, -0.1) is 0 Å². The maximum atomic E-state index is 13.3. The second-order valence-electron chi connectivity index (χ2n) is 14.6. The third kappa shape index (κ3) is 16.8. The van der Waals surface area contributed by atoms with Gasteiger partial charge in [-0.25, -0.2) is 28.8 Å². The first-order valence-electron chi connectivity index (χ1n) is 21.5. The third-order valence-corrected chi connectivity index (χ3v) is 10.4. The van der Waals surface area contributed by atoms with E-state index in [4.69, 9.17) is 61.1 Å². The number of unbranched alkanes of at least 4 members (excludes halogenated alkanes) is 6. The molecule has 0 N–H and O–H groups in total. The zero-order valence-corrected chi connectivity index (χ0v) is 38.4. The molecule has 0 heterocycles. The lowest BCUT2D eigenvalue weighted by molar-refractivity contribution is -0.138. The molecular formula is C52H48Cl2O14. The Bertz CT molecular complexity index is 2520. The van der Waals surface area contributed by atoms with Gasteiger partial charge < -0.3 is 37.9 Å². The molecule has 0 atom stereocenters. The van der Waals surface area contributed by atoms with Gasteiger partial charge in [-0.05, 0) is 161 Å². The number of hydrogen-bond acceptors (Lipinski definition) is 14. The molecule has 0 amide bonds. The smallest absolute Gasteiger partial charge is 0.343 e. The standard InChI is InChI=1S/C52H48Cl2O14/c1-3-45(55)63-33-11-7-5-9-31-61-39-21-13-35(14-22-39)49(57)65-41-25-17-37(18-26-41)51(59)67-44-30-29-43(53)47(54)48(44)68-52(60)38-19-27-42(28-20-38)66-50(58)36-15-23-40(24-16-36)62-32-10-6-8-12-34-64-46(56)4-2/h3-4,13-30H,1-2,5-12,31-34H2. The first kappa shape index (κ1) is 51.6. The minimum atomic E-state index is -0.878. The zero-order valence-electron chi connectivity index (χ0n) is 36.9. The summed E-state index contributed by atoms with van der Waals surface area (Å²) in [5.74, 6) is -2.85. The molecule has 0 aliphatic heterocycles. The van der Waals surface area contributed by atoms with Crippen molar-refractivity contribution in [1.29, 1.82) is 0 Å². The summed E-state index contributed by atoms with van der Waals surface area (Å²) < 4.78 is 43.5. The molecule has 0 aromatic heterocycles. The van der Waals surface area contributed by atoms with Crippen molar-refractivity contribution in [2.45, 2.75) is 51.4 Å². The molecule has 14 nitrogen and oxygen atoms in total. The lowest BCUT2D eigenvalue weighted by atomic mass is 10.2. The van der Waals surface area contributed by atoms with Gasteiger partial charge in [0.05, 0.1) is 53.7 Å². The predicted octanol–water partition coefficient (Wildman–Crippen LogP) is 11.2. The summed E-state index contributed by atoms with van der Waals surface area (Å²) in [6.07, 6.45) is 8.98. The highest BCUT2D eigenvalue weighted by atomic mass is 35.5. The summed E-state index contributed by atoms with van der Waals surface area (Å²) in [7, 11) is 0. The number of hydrogen-bond donors (Lipinski definition) is 0. The zero-order chi connectivity index (χ0) is 48.7. The van der Waals surface area contributed by atoms with Crippen LogP contribution in [0.5, 0.6) is 34.5 Å². The van der Waals surface area contributed by atoms with Gasteiger partial charge in [-0.2, -0.15) is 0 Å². The van der Waals surface area contributed by atoms with Crippen LogP contribution in [0.1, 0.15) is 92.8 Å². The fraction of sp³-hybridized carbons (Fsp3) is 0.231. The quantitative estimate of drug-likeness (QED) is 0.0221. The van der Waals surface area contributed by atoms with E-state index in [1.54, 1.807) is 48.5 Å². The minimum absolute atomic E-state index is 0.0239. The number of esters is 6. The molecule has 354 valence electrons. The van der Waals surface area contributed by atoms with E-state index in [0.717, 1.165) is 63.5 Å². The van der Waals surface area contributed by atoms with E-state index in [-0.39, 0.29) is 55.3 Å². The van der Waals surface area contributed by atoms with Crippen molar-refractivity contribution in [2.24, 2.45) is 0 Å². The molecule has 5 aromatic rings. The Kier molecular flexibility index (Phi) is 20.7. The van der Waals surface area contributed by atoms with Crippen molar-refractivity contribution < 1.29 is 66.7 Å². The van der Waals surface area contributed by atoms with Gasteiger partial charge in [-0.3, -0.25) is 0 Å². The Balaban J connectivity index is 1.06. The number of benzene rings is 5. The van der Waals surface area contributed by atoms with E-state index in [1.807, 2.05) is 0 Å². The average molecular weight is 968 g/mol. The van der Waals surface area contributed by atoms with Crippen LogP contribution in [0, 0.1) is 0 Å². The highest BCUT2D eigenvalue weighted by Gasteiger charge is 2.22. The van der Waals surface area contributed by atoms with Crippen molar-refractivity contribution >= 4 is 59.0 Å². The van der Waals surface area contributed by atoms with Crippen LogP contribution in [0.4, 0.5) is 0 Å². The van der Waals surface area contributed by atoms with Crippen LogP contribution in [0.15, 0.2) is 135 Å². The van der Waals surface area contributed by atoms with E-state index in [0.29, 0.717) is 37.9 Å². The lowest BCUT2D eigenvalue weighted by Gasteiger charge is -2.13. The molecule has 0 saturated carbocycles. The van der Waals surface area contributed by atoms with Gasteiger partial charge in [0, 0.05) is 12.2 Å². The molecular weight excluding hydrogens is 919 g/mol. The van der Waals surface area contributed by atoms with Crippen molar-refractivity contribution in [2.75, 3.05) is 26.4 Å². The second-order valence-corrected chi connectivity index (χ2v) is 15.4. The molecule has 0 aliphatic carbocycles. The monoisotopic (exact) mass is 966 g/mol. The highest BCUT2D eigenvalue weighted by Crippen LogP contribution is 2.41. The number of rotatable bonds is 26. The Morgan fingerprint density at radius 1 is 0.397 bits per heavy atom. The summed E-state index contributed by atoms with van der Waals surface area (Å²) in [6, 6.07) is 26.8. The summed E-state index contributed by atoms with van der Waals surface area (Å²) in [5, 5.41) is -0.164. The largest absolute Gasteiger partial charge is 0.494 e. The van der Waals surface area contributed by atoms with Gasteiger partial charge in [0.1, 0.15) is 28.0 Å². The summed E-state index contributed by atoms with van der Waals surface area (Å²) in [5.41, 5.74) is 0.685. The molecule has 0 radical (unpaired) electrons. The number of carbonyl (C=O) groups is 6. The molecule has 0 fully saturated rings. The van der Waals surface area contributed by atoms with E-state index >= 15 is 0 Å². The number of carbonyl (C=O) groups excluding carboxylic acids is 6. The summed E-state index contributed by atoms with van der Waals surface area (Å²) in [6.45, 7) is 8.39. The molecule has 0 saturated heterocycles. The Hall–Kier alpha value is -7.42. The number of ether oxygens (including phenoxy) is 8. The molecule has 0 unspecified atom stereocenters. The van der Waals surface area contributed by atoms with Crippen molar-refractivity contribution in [3.63, 3.8) is 0 Å². The molecule has 16 heteroatoms. The molecule has 5 rings (SSSR count). The van der Waals surface area contributed by atoms with E-state index in [9.17, 15) is 28.8 Å². The lowest BCUT2D eigenvalue weighted by Crippen LogP contribution is -2.13. The molecule has 0 aliphatic rings. The van der Waals surface area contributed by atoms with Crippen LogP contribution in [-0.4, -0.2) is 62.2 Å². The molecule has 0 spiro atoms. The van der Waals surface area contributed by atoms with Gasteiger partial charge in [0.15, 0.2) is 11.5 Å². The van der Waals surface area contributed by atoms with Crippen LogP contribution in [0.2, 0.25) is 10.0 Å². The van der Waals surface area contributed by atoms with Gasteiger partial charge in [0.25, 0.3) is 0 Å². The summed E-state index contributed by atoms with van der Waals surface area (Å²) in [4.78, 5) is 74.3. The number of halogens is 2.